The van der Waals surface area contributed by atoms with Crippen LogP contribution in [0.4, 0.5) is 5.82 Å². The number of imide groups is 1. The van der Waals surface area contributed by atoms with Crippen molar-refractivity contribution >= 4 is 39.3 Å². The highest BCUT2D eigenvalue weighted by Crippen LogP contribution is 2.61. The molecule has 204 valence electrons. The minimum Gasteiger partial charge on any atom is -0.390 e. The highest BCUT2D eigenvalue weighted by atomic mass is 32.1. The second kappa shape index (κ2) is 9.56. The fourth-order valence-electron chi connectivity index (χ4n) is 8.84. The van der Waals surface area contributed by atoms with Crippen molar-refractivity contribution in [3.8, 4) is 0 Å². The molecule has 5 fully saturated rings. The molecule has 2 saturated heterocycles. The number of aliphatic hydroxyl groups is 1. The minimum absolute atomic E-state index is 0.0208. The Labute approximate surface area is 229 Å². The number of rotatable bonds is 6. The largest absolute Gasteiger partial charge is 0.390 e. The first-order valence-corrected chi connectivity index (χ1v) is 15.6. The summed E-state index contributed by atoms with van der Waals surface area (Å²) in [6.45, 7) is 7.69. The van der Waals surface area contributed by atoms with Crippen LogP contribution in [-0.2, 0) is 9.59 Å². The van der Waals surface area contributed by atoms with Crippen molar-refractivity contribution in [1.82, 2.24) is 14.2 Å². The molecule has 2 bridgehead atoms. The lowest BCUT2D eigenvalue weighted by atomic mass is 9.71. The third kappa shape index (κ3) is 3.93. The average molecular weight is 537 g/mol. The molecular formula is C30H40N4O3S. The van der Waals surface area contributed by atoms with Gasteiger partial charge in [-0.2, -0.15) is 4.37 Å². The van der Waals surface area contributed by atoms with Gasteiger partial charge in [0, 0.05) is 50.6 Å². The van der Waals surface area contributed by atoms with Gasteiger partial charge in [0.1, 0.15) is 5.82 Å². The number of benzene rings is 1. The molecule has 7 rings (SSSR count). The maximum atomic E-state index is 13.6. The first kappa shape index (κ1) is 25.0. The number of anilines is 1. The molecule has 8 heteroatoms. The monoisotopic (exact) mass is 536 g/mol. The number of fused-ring (bicyclic) bond motifs is 6. The normalized spacial score (nSPS) is 37.5. The number of nitrogens with zero attached hydrogens (tertiary/aromatic N) is 4. The molecule has 7 atom stereocenters. The zero-order valence-corrected chi connectivity index (χ0v) is 23.2. The molecule has 0 spiro atoms. The quantitative estimate of drug-likeness (QED) is 0.563. The van der Waals surface area contributed by atoms with Crippen LogP contribution in [0.1, 0.15) is 51.9 Å². The fraction of sp³-hybridized carbons (Fsp3) is 0.700. The Kier molecular flexibility index (Phi) is 6.28. The Bertz CT molecular complexity index is 1230. The molecule has 2 aliphatic heterocycles. The SMILES string of the molecule is CC[C@@]1(O)C[C@@H]2C[C@H]1[C@@H]1C(=O)N(C[C@@H]3CCCC[C@H]3CN3CCN(c4nsc5ccccc45)CC3)C(=O)[C@H]21. The Morgan fingerprint density at radius 3 is 2.47 bits per heavy atom. The minimum atomic E-state index is -0.752. The summed E-state index contributed by atoms with van der Waals surface area (Å²) in [5, 5.41) is 12.4. The Morgan fingerprint density at radius 2 is 1.71 bits per heavy atom. The van der Waals surface area contributed by atoms with Crippen LogP contribution in [0.3, 0.4) is 0 Å². The Balaban J connectivity index is 0.991. The van der Waals surface area contributed by atoms with Gasteiger partial charge in [0.2, 0.25) is 11.8 Å². The van der Waals surface area contributed by atoms with E-state index in [4.69, 9.17) is 4.37 Å². The number of hydrogen-bond acceptors (Lipinski definition) is 7. The lowest BCUT2D eigenvalue weighted by Gasteiger charge is -2.40. The van der Waals surface area contributed by atoms with Gasteiger partial charge in [-0.25, -0.2) is 0 Å². The second-order valence-corrected chi connectivity index (χ2v) is 13.5. The lowest BCUT2D eigenvalue weighted by Crippen LogP contribution is -2.49. The summed E-state index contributed by atoms with van der Waals surface area (Å²) < 4.78 is 6.01. The van der Waals surface area contributed by atoms with Gasteiger partial charge in [0.25, 0.3) is 0 Å². The highest BCUT2D eigenvalue weighted by molar-refractivity contribution is 7.13. The van der Waals surface area contributed by atoms with Crippen molar-refractivity contribution in [2.45, 2.75) is 57.5 Å². The van der Waals surface area contributed by atoms with Gasteiger partial charge in [-0.15, -0.1) is 0 Å². The Hall–Kier alpha value is -2.03. The van der Waals surface area contributed by atoms with Crippen molar-refractivity contribution in [2.24, 2.45) is 35.5 Å². The third-order valence-corrected chi connectivity index (χ3v) is 11.7. The van der Waals surface area contributed by atoms with E-state index in [0.29, 0.717) is 31.2 Å². The topological polar surface area (TPSA) is 77.0 Å². The molecule has 0 radical (unpaired) electrons. The van der Waals surface area contributed by atoms with Crippen LogP contribution in [0.2, 0.25) is 0 Å². The molecule has 1 N–H and O–H groups in total. The number of amides is 2. The number of aromatic nitrogens is 1. The molecule has 3 heterocycles. The van der Waals surface area contributed by atoms with Gasteiger partial charge in [-0.1, -0.05) is 31.9 Å². The van der Waals surface area contributed by atoms with Crippen LogP contribution < -0.4 is 4.90 Å². The summed E-state index contributed by atoms with van der Waals surface area (Å²) in [6, 6.07) is 8.50. The van der Waals surface area contributed by atoms with E-state index in [1.54, 1.807) is 16.4 Å². The third-order valence-electron chi connectivity index (χ3n) is 10.9. The lowest BCUT2D eigenvalue weighted by molar-refractivity contribution is -0.142. The van der Waals surface area contributed by atoms with Gasteiger partial charge in [-0.05, 0) is 73.5 Å². The summed E-state index contributed by atoms with van der Waals surface area (Å²) in [5.41, 5.74) is -0.752. The van der Waals surface area contributed by atoms with E-state index < -0.39 is 5.60 Å². The first-order chi connectivity index (χ1) is 18.5. The summed E-state index contributed by atoms with van der Waals surface area (Å²) in [4.78, 5) is 33.7. The molecule has 1 aromatic heterocycles. The Morgan fingerprint density at radius 1 is 1.00 bits per heavy atom. The summed E-state index contributed by atoms with van der Waals surface area (Å²) in [7, 11) is 0. The van der Waals surface area contributed by atoms with Crippen molar-refractivity contribution < 1.29 is 14.7 Å². The number of piperazine rings is 1. The van der Waals surface area contributed by atoms with E-state index in [1.165, 1.54) is 29.3 Å². The summed E-state index contributed by atoms with van der Waals surface area (Å²) in [6.07, 6.45) is 6.94. The van der Waals surface area contributed by atoms with E-state index >= 15 is 0 Å². The molecule has 2 amide bonds. The van der Waals surface area contributed by atoms with Gasteiger partial charge >= 0.3 is 0 Å². The van der Waals surface area contributed by atoms with Gasteiger partial charge < -0.3 is 10.0 Å². The average Bonchev–Trinajstić information content (AvgIpc) is 3.68. The van der Waals surface area contributed by atoms with Crippen LogP contribution in [0.5, 0.6) is 0 Å². The zero-order valence-electron chi connectivity index (χ0n) is 22.4. The van der Waals surface area contributed by atoms with Crippen LogP contribution in [0.25, 0.3) is 10.1 Å². The molecule has 3 saturated carbocycles. The standard InChI is InChI=1S/C30H40N4O3S/c1-2-30(37)16-21-15-23(30)26-25(21)28(35)34(29(26)36)18-20-8-4-3-7-19(20)17-32-11-13-33(14-12-32)27-22-9-5-6-10-24(22)38-31-27/h5-6,9-10,19-21,23,25-26,37H,2-4,7-8,11-18H2,1H3/t19-,20-,21-,23-,25+,26-,30+/m0/s1. The number of hydrogen-bond donors (Lipinski definition) is 1. The predicted octanol–water partition coefficient (Wildman–Crippen LogP) is 4.01. The molecule has 0 unspecified atom stereocenters. The van der Waals surface area contributed by atoms with Gasteiger partial charge in [-0.3, -0.25) is 19.4 Å². The van der Waals surface area contributed by atoms with Crippen LogP contribution in [-0.4, -0.2) is 76.0 Å². The fourth-order valence-corrected chi connectivity index (χ4v) is 9.64. The van der Waals surface area contributed by atoms with E-state index in [2.05, 4.69) is 34.1 Å². The van der Waals surface area contributed by atoms with E-state index in [1.807, 2.05) is 6.92 Å². The van der Waals surface area contributed by atoms with Crippen molar-refractivity contribution in [3.63, 3.8) is 0 Å². The number of carbonyl (C=O) groups is 2. The van der Waals surface area contributed by atoms with Crippen molar-refractivity contribution in [3.05, 3.63) is 24.3 Å². The smallest absolute Gasteiger partial charge is 0.233 e. The van der Waals surface area contributed by atoms with E-state index in [9.17, 15) is 14.7 Å². The van der Waals surface area contributed by atoms with Gasteiger partial charge in [0.15, 0.2) is 0 Å². The number of carbonyl (C=O) groups excluding carboxylic acids is 2. The molecule has 2 aromatic rings. The van der Waals surface area contributed by atoms with Crippen molar-refractivity contribution in [2.75, 3.05) is 44.2 Å². The highest BCUT2D eigenvalue weighted by Gasteiger charge is 2.67. The van der Waals surface area contributed by atoms with Crippen LogP contribution >= 0.6 is 11.5 Å². The molecule has 7 nitrogen and oxygen atoms in total. The molecule has 1 aromatic carbocycles. The molecule has 38 heavy (non-hydrogen) atoms. The summed E-state index contributed by atoms with van der Waals surface area (Å²) >= 11 is 1.58. The maximum Gasteiger partial charge on any atom is 0.233 e. The zero-order chi connectivity index (χ0) is 26.0. The predicted molar refractivity (Wildman–Crippen MR) is 149 cm³/mol. The van der Waals surface area contributed by atoms with Crippen LogP contribution in [0, 0.1) is 35.5 Å². The van der Waals surface area contributed by atoms with Crippen LogP contribution in [0.15, 0.2) is 24.3 Å². The van der Waals surface area contributed by atoms with E-state index in [-0.39, 0.29) is 35.5 Å². The number of likely N-dealkylation sites (tertiary alicyclic amines) is 1. The van der Waals surface area contributed by atoms with E-state index in [0.717, 1.165) is 51.4 Å². The maximum absolute atomic E-state index is 13.6. The summed E-state index contributed by atoms with van der Waals surface area (Å²) in [5.74, 6) is 1.84. The molecular weight excluding hydrogens is 496 g/mol. The van der Waals surface area contributed by atoms with Crippen molar-refractivity contribution in [1.29, 1.82) is 0 Å². The molecule has 5 aliphatic rings. The van der Waals surface area contributed by atoms with Gasteiger partial charge in [0.05, 0.1) is 22.1 Å². The molecule has 3 aliphatic carbocycles. The first-order valence-electron chi connectivity index (χ1n) is 14.9. The second-order valence-electron chi connectivity index (χ2n) is 12.7.